The van der Waals surface area contributed by atoms with E-state index in [1.165, 1.54) is 28.4 Å². The predicted molar refractivity (Wildman–Crippen MR) is 72.9 cm³/mol. The fourth-order valence-electron chi connectivity index (χ4n) is 2.11. The molecule has 3 rings (SSSR count). The number of rotatable bonds is 4. The normalized spacial score (nSPS) is 25.1. The fraction of sp³-hybridized carbons (Fsp3) is 0.750. The molecule has 2 heterocycles. The van der Waals surface area contributed by atoms with E-state index in [9.17, 15) is 0 Å². The molecule has 2 fully saturated rings. The lowest BCUT2D eigenvalue weighted by atomic mass is 10.2. The Morgan fingerprint density at radius 1 is 1.47 bits per heavy atom. The van der Waals surface area contributed by atoms with Crippen LogP contribution in [0.4, 0.5) is 0 Å². The molecule has 0 bridgehead atoms. The molecular formula is C12H18N2OS2. The highest BCUT2D eigenvalue weighted by Crippen LogP contribution is 2.44. The molecule has 2 aliphatic rings. The maximum Gasteiger partial charge on any atom is 0.123 e. The van der Waals surface area contributed by atoms with Gasteiger partial charge < -0.3 is 10.1 Å². The van der Waals surface area contributed by atoms with E-state index in [0.29, 0.717) is 0 Å². The summed E-state index contributed by atoms with van der Waals surface area (Å²) in [6.45, 7) is 1.82. The molecule has 5 heteroatoms. The van der Waals surface area contributed by atoms with E-state index in [0.717, 1.165) is 30.6 Å². The van der Waals surface area contributed by atoms with Crippen molar-refractivity contribution in [2.75, 3.05) is 25.2 Å². The number of thiazole rings is 1. The Hall–Kier alpha value is -0.100. The summed E-state index contributed by atoms with van der Waals surface area (Å²) in [6.07, 6.45) is 2.88. The molecule has 0 radical (unpaired) electrons. The number of thioether (sulfide) groups is 1. The smallest absolute Gasteiger partial charge is 0.123 e. The zero-order valence-electron chi connectivity index (χ0n) is 10.1. The highest BCUT2D eigenvalue weighted by Gasteiger charge is 2.31. The van der Waals surface area contributed by atoms with E-state index < -0.39 is 0 Å². The number of aromatic nitrogens is 1. The van der Waals surface area contributed by atoms with Crippen LogP contribution in [-0.2, 0) is 11.3 Å². The van der Waals surface area contributed by atoms with Crippen LogP contribution in [0.25, 0.3) is 0 Å². The van der Waals surface area contributed by atoms with Crippen LogP contribution in [0.1, 0.15) is 40.4 Å². The Bertz CT molecular complexity index is 384. The SMILES string of the molecule is CNCc1sc(C2CSCCO2)nc1C1CC1. The van der Waals surface area contributed by atoms with Crippen molar-refractivity contribution in [1.82, 2.24) is 10.3 Å². The third-order valence-electron chi connectivity index (χ3n) is 3.14. The number of hydrogen-bond donors (Lipinski definition) is 1. The Labute approximate surface area is 110 Å². The van der Waals surface area contributed by atoms with Gasteiger partial charge in [-0.1, -0.05) is 0 Å². The molecule has 1 saturated heterocycles. The summed E-state index contributed by atoms with van der Waals surface area (Å²) in [4.78, 5) is 6.28. The molecule has 1 N–H and O–H groups in total. The summed E-state index contributed by atoms with van der Waals surface area (Å²) in [5.74, 6) is 2.93. The van der Waals surface area contributed by atoms with Gasteiger partial charge in [-0.05, 0) is 19.9 Å². The summed E-state index contributed by atoms with van der Waals surface area (Å²) in [7, 11) is 2.00. The summed E-state index contributed by atoms with van der Waals surface area (Å²) in [6, 6.07) is 0. The average Bonchev–Trinajstić information content (AvgIpc) is 3.13. The topological polar surface area (TPSA) is 34.1 Å². The first kappa shape index (κ1) is 12.0. The highest BCUT2D eigenvalue weighted by molar-refractivity contribution is 7.99. The molecular weight excluding hydrogens is 252 g/mol. The monoisotopic (exact) mass is 270 g/mol. The average molecular weight is 270 g/mol. The van der Waals surface area contributed by atoms with Crippen LogP contribution in [0.3, 0.4) is 0 Å². The maximum absolute atomic E-state index is 5.82. The van der Waals surface area contributed by atoms with Crippen LogP contribution < -0.4 is 5.32 Å². The van der Waals surface area contributed by atoms with Crippen LogP contribution >= 0.6 is 23.1 Å². The van der Waals surface area contributed by atoms with E-state index in [1.807, 2.05) is 30.1 Å². The molecule has 17 heavy (non-hydrogen) atoms. The maximum atomic E-state index is 5.82. The van der Waals surface area contributed by atoms with Crippen molar-refractivity contribution in [1.29, 1.82) is 0 Å². The minimum Gasteiger partial charge on any atom is -0.369 e. The molecule has 3 nitrogen and oxygen atoms in total. The predicted octanol–water partition coefficient (Wildman–Crippen LogP) is 2.54. The minimum absolute atomic E-state index is 0.238. The first-order valence-corrected chi connectivity index (χ1v) is 8.19. The van der Waals surface area contributed by atoms with Gasteiger partial charge in [-0.3, -0.25) is 0 Å². The Balaban J connectivity index is 1.81. The number of nitrogens with one attached hydrogen (secondary N) is 1. The third kappa shape index (κ3) is 2.67. The lowest BCUT2D eigenvalue weighted by Crippen LogP contribution is -2.15. The van der Waals surface area contributed by atoms with Crippen molar-refractivity contribution < 1.29 is 4.74 Å². The molecule has 1 aliphatic carbocycles. The Morgan fingerprint density at radius 2 is 2.35 bits per heavy atom. The molecule has 94 valence electrons. The lowest BCUT2D eigenvalue weighted by molar-refractivity contribution is 0.0754. The number of hydrogen-bond acceptors (Lipinski definition) is 5. The number of nitrogens with zero attached hydrogens (tertiary/aromatic N) is 1. The summed E-state index contributed by atoms with van der Waals surface area (Å²) in [5.41, 5.74) is 1.35. The summed E-state index contributed by atoms with van der Waals surface area (Å²) in [5, 5.41) is 4.45. The molecule has 0 amide bonds. The van der Waals surface area contributed by atoms with Gasteiger partial charge in [0.1, 0.15) is 11.1 Å². The van der Waals surface area contributed by atoms with Crippen LogP contribution in [0.5, 0.6) is 0 Å². The molecule has 1 aromatic heterocycles. The standard InChI is InChI=1S/C12H18N2OS2/c1-13-6-10-11(8-2-3-8)14-12(17-10)9-7-16-5-4-15-9/h8-9,13H,2-7H2,1H3. The molecule has 1 saturated carbocycles. The highest BCUT2D eigenvalue weighted by atomic mass is 32.2. The molecule has 1 unspecified atom stereocenters. The zero-order valence-corrected chi connectivity index (χ0v) is 11.7. The fourth-order valence-corrected chi connectivity index (χ4v) is 4.28. The van der Waals surface area contributed by atoms with E-state index in [4.69, 9.17) is 9.72 Å². The van der Waals surface area contributed by atoms with E-state index in [-0.39, 0.29) is 6.10 Å². The molecule has 0 aromatic carbocycles. The second-order valence-electron chi connectivity index (χ2n) is 4.60. The van der Waals surface area contributed by atoms with Crippen LogP contribution in [-0.4, -0.2) is 30.1 Å². The van der Waals surface area contributed by atoms with Gasteiger partial charge in [0.2, 0.25) is 0 Å². The second kappa shape index (κ2) is 5.26. The zero-order chi connectivity index (χ0) is 11.7. The van der Waals surface area contributed by atoms with Crippen molar-refractivity contribution in [3.05, 3.63) is 15.6 Å². The first-order chi connectivity index (χ1) is 8.38. The van der Waals surface area contributed by atoms with Gasteiger partial charge in [0.15, 0.2) is 0 Å². The van der Waals surface area contributed by atoms with Crippen molar-refractivity contribution in [3.8, 4) is 0 Å². The van der Waals surface area contributed by atoms with Gasteiger partial charge in [-0.15, -0.1) is 11.3 Å². The summed E-state index contributed by atoms with van der Waals surface area (Å²) >= 11 is 3.82. The van der Waals surface area contributed by atoms with Gasteiger partial charge in [0.25, 0.3) is 0 Å². The number of ether oxygens (including phenoxy) is 1. The lowest BCUT2D eigenvalue weighted by Gasteiger charge is -2.19. The van der Waals surface area contributed by atoms with Crippen LogP contribution in [0, 0.1) is 0 Å². The van der Waals surface area contributed by atoms with Crippen LogP contribution in [0.2, 0.25) is 0 Å². The Morgan fingerprint density at radius 3 is 3.00 bits per heavy atom. The van der Waals surface area contributed by atoms with Crippen molar-refractivity contribution in [3.63, 3.8) is 0 Å². The third-order valence-corrected chi connectivity index (χ3v) is 5.29. The van der Waals surface area contributed by atoms with E-state index in [2.05, 4.69) is 5.32 Å². The van der Waals surface area contributed by atoms with Gasteiger partial charge in [-0.25, -0.2) is 4.98 Å². The second-order valence-corrected chi connectivity index (χ2v) is 6.86. The largest absolute Gasteiger partial charge is 0.369 e. The van der Waals surface area contributed by atoms with Crippen molar-refractivity contribution in [2.45, 2.75) is 31.4 Å². The van der Waals surface area contributed by atoms with Gasteiger partial charge in [0, 0.05) is 28.8 Å². The Kier molecular flexibility index (Phi) is 3.70. The quantitative estimate of drug-likeness (QED) is 0.912. The van der Waals surface area contributed by atoms with Gasteiger partial charge in [-0.2, -0.15) is 11.8 Å². The summed E-state index contributed by atoms with van der Waals surface area (Å²) < 4.78 is 5.82. The molecule has 1 aromatic rings. The van der Waals surface area contributed by atoms with Crippen molar-refractivity contribution >= 4 is 23.1 Å². The van der Waals surface area contributed by atoms with Gasteiger partial charge in [0.05, 0.1) is 12.3 Å². The van der Waals surface area contributed by atoms with E-state index in [1.54, 1.807) is 0 Å². The molecule has 0 spiro atoms. The minimum atomic E-state index is 0.238. The van der Waals surface area contributed by atoms with Crippen molar-refractivity contribution in [2.24, 2.45) is 0 Å². The first-order valence-electron chi connectivity index (χ1n) is 6.22. The molecule has 1 atom stereocenters. The van der Waals surface area contributed by atoms with Crippen LogP contribution in [0.15, 0.2) is 0 Å². The van der Waals surface area contributed by atoms with Gasteiger partial charge >= 0.3 is 0 Å². The molecule has 1 aliphatic heterocycles. The van der Waals surface area contributed by atoms with E-state index >= 15 is 0 Å².